The number of hydrogen-bond acceptors (Lipinski definition) is 7. The number of esters is 3. The van der Waals surface area contributed by atoms with Gasteiger partial charge in [-0.3, -0.25) is 0 Å². The molecule has 3 rings (SSSR count). The van der Waals surface area contributed by atoms with Crippen molar-refractivity contribution in [1.29, 1.82) is 0 Å². The van der Waals surface area contributed by atoms with Crippen molar-refractivity contribution in [3.05, 3.63) is 72.3 Å². The molecule has 7 nitrogen and oxygen atoms in total. The monoisotopic (exact) mass is 452 g/mol. The molecule has 1 saturated carbocycles. The summed E-state index contributed by atoms with van der Waals surface area (Å²) in [5.41, 5.74) is 0.796. The van der Waals surface area contributed by atoms with Crippen LogP contribution in [0.4, 0.5) is 0 Å². The van der Waals surface area contributed by atoms with Crippen molar-refractivity contribution < 1.29 is 33.3 Å². The molecule has 0 unspecified atom stereocenters. The van der Waals surface area contributed by atoms with Crippen LogP contribution in [0.15, 0.2) is 61.2 Å². The highest BCUT2D eigenvalue weighted by atomic mass is 16.5. The van der Waals surface area contributed by atoms with Crippen LogP contribution in [0.25, 0.3) is 0 Å². The number of ether oxygens (including phenoxy) is 4. The van der Waals surface area contributed by atoms with Crippen molar-refractivity contribution in [3.8, 4) is 11.5 Å². The molecule has 1 aliphatic carbocycles. The summed E-state index contributed by atoms with van der Waals surface area (Å²) in [6.45, 7) is 3.93. The maximum absolute atomic E-state index is 12.4. The van der Waals surface area contributed by atoms with Gasteiger partial charge in [-0.2, -0.15) is 0 Å². The summed E-state index contributed by atoms with van der Waals surface area (Å²) in [6, 6.07) is 12.9. The Bertz CT molecular complexity index is 942. The molecule has 0 saturated heterocycles. The highest BCUT2D eigenvalue weighted by Crippen LogP contribution is 2.22. The van der Waals surface area contributed by atoms with E-state index >= 15 is 0 Å². The standard InChI is InChI=1S/C26H28O7/c1-2-24(27)31-18-6-17-30-21-13-9-19(10-14-21)26(29)33-23-15-11-20(12-16-23)25(28)32-22-7-4-3-5-8-22/h2,9-16,22H,1,3-8,17-18H2. The Morgan fingerprint density at radius 2 is 1.42 bits per heavy atom. The number of carbonyl (C=O) groups is 3. The fourth-order valence-electron chi connectivity index (χ4n) is 3.40. The third kappa shape index (κ3) is 7.79. The maximum Gasteiger partial charge on any atom is 0.343 e. The van der Waals surface area contributed by atoms with Gasteiger partial charge in [0.2, 0.25) is 0 Å². The van der Waals surface area contributed by atoms with Crippen molar-refractivity contribution in [2.24, 2.45) is 0 Å². The van der Waals surface area contributed by atoms with Gasteiger partial charge in [-0.05, 0) is 74.2 Å². The molecule has 33 heavy (non-hydrogen) atoms. The van der Waals surface area contributed by atoms with E-state index in [-0.39, 0.29) is 18.7 Å². The SMILES string of the molecule is C=CC(=O)OCCCOc1ccc(C(=O)Oc2ccc(C(=O)OC3CCCCC3)cc2)cc1. The van der Waals surface area contributed by atoms with Crippen LogP contribution in [0, 0.1) is 0 Å². The average Bonchev–Trinajstić information content (AvgIpc) is 2.85. The molecule has 0 N–H and O–H groups in total. The molecular weight excluding hydrogens is 424 g/mol. The Kier molecular flexibility index (Phi) is 9.06. The summed E-state index contributed by atoms with van der Waals surface area (Å²) < 4.78 is 21.4. The van der Waals surface area contributed by atoms with Crippen LogP contribution in [0.1, 0.15) is 59.2 Å². The molecular formula is C26H28O7. The summed E-state index contributed by atoms with van der Waals surface area (Å²) in [5, 5.41) is 0. The van der Waals surface area contributed by atoms with E-state index in [0.717, 1.165) is 31.8 Å². The van der Waals surface area contributed by atoms with Crippen molar-refractivity contribution in [2.75, 3.05) is 13.2 Å². The summed E-state index contributed by atoms with van der Waals surface area (Å²) in [5.74, 6) is -0.414. The van der Waals surface area contributed by atoms with Gasteiger partial charge in [0.1, 0.15) is 17.6 Å². The molecule has 1 fully saturated rings. The Labute approximate surface area is 193 Å². The predicted molar refractivity (Wildman–Crippen MR) is 121 cm³/mol. The van der Waals surface area contributed by atoms with Gasteiger partial charge in [0.25, 0.3) is 0 Å². The van der Waals surface area contributed by atoms with Crippen LogP contribution < -0.4 is 9.47 Å². The van der Waals surface area contributed by atoms with Crippen LogP contribution in [0.5, 0.6) is 11.5 Å². The van der Waals surface area contributed by atoms with E-state index in [4.69, 9.17) is 18.9 Å². The quantitative estimate of drug-likeness (QED) is 0.219. The molecule has 1 aliphatic rings. The Balaban J connectivity index is 1.44. The van der Waals surface area contributed by atoms with Crippen molar-refractivity contribution in [2.45, 2.75) is 44.6 Å². The van der Waals surface area contributed by atoms with Crippen molar-refractivity contribution in [3.63, 3.8) is 0 Å². The lowest BCUT2D eigenvalue weighted by Gasteiger charge is -2.21. The van der Waals surface area contributed by atoms with Gasteiger partial charge in [-0.25, -0.2) is 14.4 Å². The first-order chi connectivity index (χ1) is 16.0. The molecule has 0 bridgehead atoms. The molecule has 0 heterocycles. The van der Waals surface area contributed by atoms with Gasteiger partial charge in [0, 0.05) is 12.5 Å². The van der Waals surface area contributed by atoms with Crippen molar-refractivity contribution >= 4 is 17.9 Å². The van der Waals surface area contributed by atoms with Gasteiger partial charge in [0.05, 0.1) is 24.3 Å². The molecule has 0 atom stereocenters. The number of carbonyl (C=O) groups excluding carboxylic acids is 3. The van der Waals surface area contributed by atoms with E-state index in [1.165, 1.54) is 6.42 Å². The fourth-order valence-corrected chi connectivity index (χ4v) is 3.40. The highest BCUT2D eigenvalue weighted by molar-refractivity contribution is 5.92. The summed E-state index contributed by atoms with van der Waals surface area (Å²) in [6.07, 6.45) is 6.84. The summed E-state index contributed by atoms with van der Waals surface area (Å²) in [7, 11) is 0. The van der Waals surface area contributed by atoms with Crippen LogP contribution in [-0.4, -0.2) is 37.2 Å². The van der Waals surface area contributed by atoms with Gasteiger partial charge in [-0.15, -0.1) is 0 Å². The minimum absolute atomic E-state index is 0.00880. The zero-order valence-corrected chi connectivity index (χ0v) is 18.5. The molecule has 0 aliphatic heterocycles. The first-order valence-electron chi connectivity index (χ1n) is 11.1. The Morgan fingerprint density at radius 1 is 0.818 bits per heavy atom. The molecule has 2 aromatic rings. The van der Waals surface area contributed by atoms with E-state index in [0.29, 0.717) is 35.7 Å². The molecule has 0 amide bonds. The molecule has 174 valence electrons. The second kappa shape index (κ2) is 12.4. The molecule has 2 aromatic carbocycles. The Hall–Kier alpha value is -3.61. The first kappa shape index (κ1) is 24.0. The number of rotatable bonds is 10. The number of hydrogen-bond donors (Lipinski definition) is 0. The molecule has 7 heteroatoms. The van der Waals surface area contributed by atoms with E-state index in [1.54, 1.807) is 48.5 Å². The summed E-state index contributed by atoms with van der Waals surface area (Å²) in [4.78, 5) is 35.6. The molecule has 0 aromatic heterocycles. The van der Waals surface area contributed by atoms with Gasteiger partial charge in [-0.1, -0.05) is 13.0 Å². The van der Waals surface area contributed by atoms with E-state index in [2.05, 4.69) is 6.58 Å². The van der Waals surface area contributed by atoms with E-state index in [1.807, 2.05) is 0 Å². The first-order valence-corrected chi connectivity index (χ1v) is 11.1. The van der Waals surface area contributed by atoms with Crippen LogP contribution in [0.2, 0.25) is 0 Å². The minimum atomic E-state index is -0.518. The van der Waals surface area contributed by atoms with Gasteiger partial charge in [0.15, 0.2) is 0 Å². The van der Waals surface area contributed by atoms with Crippen LogP contribution >= 0.6 is 0 Å². The van der Waals surface area contributed by atoms with Gasteiger partial charge >= 0.3 is 17.9 Å². The lowest BCUT2D eigenvalue weighted by atomic mass is 9.98. The highest BCUT2D eigenvalue weighted by Gasteiger charge is 2.19. The molecule has 0 spiro atoms. The van der Waals surface area contributed by atoms with Gasteiger partial charge < -0.3 is 18.9 Å². The molecule has 0 radical (unpaired) electrons. The Morgan fingerprint density at radius 3 is 2.06 bits per heavy atom. The second-order valence-corrected chi connectivity index (χ2v) is 7.68. The van der Waals surface area contributed by atoms with E-state index < -0.39 is 11.9 Å². The van der Waals surface area contributed by atoms with Crippen LogP contribution in [-0.2, 0) is 14.3 Å². The average molecular weight is 453 g/mol. The number of benzene rings is 2. The zero-order chi connectivity index (χ0) is 23.5. The van der Waals surface area contributed by atoms with Crippen LogP contribution in [0.3, 0.4) is 0 Å². The lowest BCUT2D eigenvalue weighted by molar-refractivity contribution is -0.137. The second-order valence-electron chi connectivity index (χ2n) is 7.68. The fraction of sp³-hybridized carbons (Fsp3) is 0.346. The maximum atomic E-state index is 12.4. The predicted octanol–water partition coefficient (Wildman–Crippen LogP) is 4.89. The normalized spacial score (nSPS) is 13.6. The topological polar surface area (TPSA) is 88.1 Å². The van der Waals surface area contributed by atoms with E-state index in [9.17, 15) is 14.4 Å². The van der Waals surface area contributed by atoms with Crippen molar-refractivity contribution in [1.82, 2.24) is 0 Å². The third-order valence-corrected chi connectivity index (χ3v) is 5.18. The lowest BCUT2D eigenvalue weighted by Crippen LogP contribution is -2.20. The smallest absolute Gasteiger partial charge is 0.343 e. The zero-order valence-electron chi connectivity index (χ0n) is 18.5. The minimum Gasteiger partial charge on any atom is -0.493 e. The third-order valence-electron chi connectivity index (χ3n) is 5.18. The largest absolute Gasteiger partial charge is 0.493 e. The summed E-state index contributed by atoms with van der Waals surface area (Å²) >= 11 is 0.